The smallest absolute Gasteiger partial charge is 0.340 e. The molecule has 1 aromatic carbocycles. The van der Waals surface area contributed by atoms with Crippen LogP contribution in [-0.2, 0) is 9.53 Å². The van der Waals surface area contributed by atoms with E-state index in [9.17, 15) is 14.4 Å². The molecule has 0 radical (unpaired) electrons. The van der Waals surface area contributed by atoms with E-state index in [1.807, 2.05) is 5.32 Å². The second-order valence-corrected chi connectivity index (χ2v) is 4.86. The largest absolute Gasteiger partial charge is 0.449 e. The number of benzene rings is 1. The molecule has 114 valence electrons. The molecule has 0 spiro atoms. The lowest BCUT2D eigenvalue weighted by atomic mass is 10.2. The second-order valence-electron chi connectivity index (χ2n) is 4.02. The van der Waals surface area contributed by atoms with Crippen molar-refractivity contribution in [3.05, 3.63) is 33.8 Å². The molecular weight excluding hydrogens is 319 g/mol. The fourth-order valence-corrected chi connectivity index (χ4v) is 1.72. The van der Waals surface area contributed by atoms with Gasteiger partial charge in [-0.2, -0.15) is 0 Å². The number of carbonyl (C=O) groups is 3. The Morgan fingerprint density at radius 3 is 2.57 bits per heavy atom. The van der Waals surface area contributed by atoms with Crippen LogP contribution in [0.2, 0.25) is 10.0 Å². The summed E-state index contributed by atoms with van der Waals surface area (Å²) in [6.07, 6.45) is -1.16. The number of rotatable bonds is 4. The van der Waals surface area contributed by atoms with E-state index in [0.29, 0.717) is 11.6 Å². The zero-order valence-electron chi connectivity index (χ0n) is 11.4. The molecule has 0 aliphatic rings. The minimum absolute atomic E-state index is 0.0434. The van der Waals surface area contributed by atoms with E-state index < -0.39 is 24.0 Å². The average Bonchev–Trinajstić information content (AvgIpc) is 2.41. The molecular formula is C13H14Cl2N2O4. The molecule has 0 saturated carbocycles. The van der Waals surface area contributed by atoms with Crippen molar-refractivity contribution < 1.29 is 19.1 Å². The van der Waals surface area contributed by atoms with E-state index in [-0.39, 0.29) is 10.6 Å². The predicted octanol–water partition coefficient (Wildman–Crippen LogP) is 2.38. The van der Waals surface area contributed by atoms with E-state index in [1.165, 1.54) is 25.1 Å². The lowest BCUT2D eigenvalue weighted by Crippen LogP contribution is -2.44. The first-order valence-corrected chi connectivity index (χ1v) is 6.85. The number of urea groups is 1. The summed E-state index contributed by atoms with van der Waals surface area (Å²) in [5.41, 5.74) is 0.0434. The summed E-state index contributed by atoms with van der Waals surface area (Å²) in [5, 5.41) is 4.89. The quantitative estimate of drug-likeness (QED) is 0.829. The lowest BCUT2D eigenvalue weighted by molar-refractivity contribution is -0.127. The van der Waals surface area contributed by atoms with Gasteiger partial charge in [-0.15, -0.1) is 0 Å². The number of nitrogens with one attached hydrogen (secondary N) is 2. The zero-order chi connectivity index (χ0) is 16.0. The molecule has 0 aliphatic heterocycles. The summed E-state index contributed by atoms with van der Waals surface area (Å²) in [5.74, 6) is -1.55. The third kappa shape index (κ3) is 5.24. The molecule has 2 N–H and O–H groups in total. The van der Waals surface area contributed by atoms with Gasteiger partial charge in [0.05, 0.1) is 10.6 Å². The van der Waals surface area contributed by atoms with Gasteiger partial charge in [-0.25, -0.2) is 9.59 Å². The second kappa shape index (κ2) is 7.85. The van der Waals surface area contributed by atoms with E-state index in [2.05, 4.69) is 5.32 Å². The minimum Gasteiger partial charge on any atom is -0.449 e. The van der Waals surface area contributed by atoms with Crippen molar-refractivity contribution in [2.45, 2.75) is 20.0 Å². The summed E-state index contributed by atoms with van der Waals surface area (Å²) < 4.78 is 4.94. The summed E-state index contributed by atoms with van der Waals surface area (Å²) >= 11 is 11.6. The molecule has 6 nitrogen and oxygen atoms in total. The fourth-order valence-electron chi connectivity index (χ4n) is 1.35. The van der Waals surface area contributed by atoms with Gasteiger partial charge in [0.15, 0.2) is 6.10 Å². The van der Waals surface area contributed by atoms with Crippen LogP contribution < -0.4 is 10.6 Å². The van der Waals surface area contributed by atoms with Gasteiger partial charge in [-0.05, 0) is 32.0 Å². The Morgan fingerprint density at radius 2 is 1.95 bits per heavy atom. The van der Waals surface area contributed by atoms with Gasteiger partial charge in [-0.3, -0.25) is 10.1 Å². The molecule has 8 heteroatoms. The molecule has 0 bridgehead atoms. The first kappa shape index (κ1) is 17.3. The van der Waals surface area contributed by atoms with Crippen LogP contribution in [0.25, 0.3) is 0 Å². The Hall–Kier alpha value is -1.79. The molecule has 0 heterocycles. The average molecular weight is 333 g/mol. The first-order valence-electron chi connectivity index (χ1n) is 6.09. The van der Waals surface area contributed by atoms with E-state index in [4.69, 9.17) is 27.9 Å². The summed E-state index contributed by atoms with van der Waals surface area (Å²) in [6, 6.07) is 3.64. The van der Waals surface area contributed by atoms with Gasteiger partial charge in [0.1, 0.15) is 0 Å². The topological polar surface area (TPSA) is 84.5 Å². The van der Waals surface area contributed by atoms with Gasteiger partial charge in [0.25, 0.3) is 5.91 Å². The van der Waals surface area contributed by atoms with Crippen LogP contribution in [0, 0.1) is 0 Å². The van der Waals surface area contributed by atoms with Crippen LogP contribution in [0.3, 0.4) is 0 Å². The Labute approximate surface area is 131 Å². The molecule has 21 heavy (non-hydrogen) atoms. The van der Waals surface area contributed by atoms with Crippen LogP contribution in [-0.4, -0.2) is 30.6 Å². The van der Waals surface area contributed by atoms with Crippen LogP contribution >= 0.6 is 23.2 Å². The molecule has 1 aromatic rings. The number of amides is 3. The molecule has 1 atom stereocenters. The minimum atomic E-state index is -1.16. The third-order valence-corrected chi connectivity index (χ3v) is 2.94. The lowest BCUT2D eigenvalue weighted by Gasteiger charge is -2.13. The number of esters is 1. The fraction of sp³-hybridized carbons (Fsp3) is 0.308. The molecule has 0 aliphatic carbocycles. The Balaban J connectivity index is 2.67. The number of ether oxygens (including phenoxy) is 1. The maximum absolute atomic E-state index is 11.9. The Morgan fingerprint density at radius 1 is 1.29 bits per heavy atom. The van der Waals surface area contributed by atoms with Gasteiger partial charge in [-0.1, -0.05) is 23.2 Å². The highest BCUT2D eigenvalue weighted by atomic mass is 35.5. The van der Waals surface area contributed by atoms with Crippen LogP contribution in [0.5, 0.6) is 0 Å². The normalized spacial score (nSPS) is 11.4. The van der Waals surface area contributed by atoms with Crippen LogP contribution in [0.4, 0.5) is 4.79 Å². The third-order valence-electron chi connectivity index (χ3n) is 2.38. The van der Waals surface area contributed by atoms with E-state index >= 15 is 0 Å². The maximum Gasteiger partial charge on any atom is 0.340 e. The molecule has 0 fully saturated rings. The van der Waals surface area contributed by atoms with Gasteiger partial charge < -0.3 is 10.1 Å². The van der Waals surface area contributed by atoms with Gasteiger partial charge >= 0.3 is 12.0 Å². The van der Waals surface area contributed by atoms with Crippen molar-refractivity contribution in [3.63, 3.8) is 0 Å². The standard InChI is InChI=1S/C13H14Cl2N2O4/c1-3-16-13(20)17-11(18)7(2)21-12(19)9-6-8(14)4-5-10(9)15/h4-7H,3H2,1-2H3,(H2,16,17,18,20). The van der Waals surface area contributed by atoms with Crippen molar-refractivity contribution in [2.24, 2.45) is 0 Å². The van der Waals surface area contributed by atoms with E-state index in [1.54, 1.807) is 6.92 Å². The predicted molar refractivity (Wildman–Crippen MR) is 78.6 cm³/mol. The number of halogens is 2. The molecule has 1 unspecified atom stereocenters. The monoisotopic (exact) mass is 332 g/mol. The molecule has 3 amide bonds. The SMILES string of the molecule is CCNC(=O)NC(=O)C(C)OC(=O)c1cc(Cl)ccc1Cl. The van der Waals surface area contributed by atoms with Crippen molar-refractivity contribution in [2.75, 3.05) is 6.54 Å². The Kier molecular flexibility index (Phi) is 6.45. The van der Waals surface area contributed by atoms with Crippen LogP contribution in [0.1, 0.15) is 24.2 Å². The molecule has 0 aromatic heterocycles. The van der Waals surface area contributed by atoms with Crippen molar-refractivity contribution >= 4 is 41.1 Å². The van der Waals surface area contributed by atoms with Gasteiger partial charge in [0.2, 0.25) is 0 Å². The Bertz CT molecular complexity index is 563. The highest BCUT2D eigenvalue weighted by molar-refractivity contribution is 6.35. The van der Waals surface area contributed by atoms with Crippen molar-refractivity contribution in [1.82, 2.24) is 10.6 Å². The highest BCUT2D eigenvalue weighted by Crippen LogP contribution is 2.21. The number of hydrogen-bond acceptors (Lipinski definition) is 4. The van der Waals surface area contributed by atoms with Crippen molar-refractivity contribution in [1.29, 1.82) is 0 Å². The van der Waals surface area contributed by atoms with Crippen molar-refractivity contribution in [3.8, 4) is 0 Å². The number of hydrogen-bond donors (Lipinski definition) is 2. The summed E-state index contributed by atoms with van der Waals surface area (Å²) in [6.45, 7) is 3.41. The maximum atomic E-state index is 11.9. The number of carbonyl (C=O) groups excluding carboxylic acids is 3. The van der Waals surface area contributed by atoms with Crippen LogP contribution in [0.15, 0.2) is 18.2 Å². The zero-order valence-corrected chi connectivity index (χ0v) is 12.9. The molecule has 1 rings (SSSR count). The summed E-state index contributed by atoms with van der Waals surface area (Å²) in [4.78, 5) is 34.7. The summed E-state index contributed by atoms with van der Waals surface area (Å²) in [7, 11) is 0. The van der Waals surface area contributed by atoms with Gasteiger partial charge in [0, 0.05) is 11.6 Å². The van der Waals surface area contributed by atoms with E-state index in [0.717, 1.165) is 0 Å². The first-order chi connectivity index (χ1) is 9.85. The molecule has 0 saturated heterocycles. The highest BCUT2D eigenvalue weighted by Gasteiger charge is 2.22. The number of imide groups is 1.